The van der Waals surface area contributed by atoms with Gasteiger partial charge in [0.1, 0.15) is 6.61 Å². The van der Waals surface area contributed by atoms with E-state index in [1.54, 1.807) is 0 Å². The Labute approximate surface area is 153 Å². The van der Waals surface area contributed by atoms with Gasteiger partial charge in [0.2, 0.25) is 6.29 Å². The maximum atomic E-state index is 12.0. The number of aliphatic carboxylic acids is 1. The van der Waals surface area contributed by atoms with Crippen molar-refractivity contribution in [1.82, 2.24) is 0 Å². The molecule has 0 saturated carbocycles. The maximum absolute atomic E-state index is 12.0. The zero-order valence-electron chi connectivity index (χ0n) is 15.0. The number of carboxylic acids is 1. The number of ether oxygens (including phenoxy) is 6. The molecule has 1 aliphatic rings. The van der Waals surface area contributed by atoms with Crippen LogP contribution in [0.3, 0.4) is 0 Å². The van der Waals surface area contributed by atoms with E-state index in [-0.39, 0.29) is 0 Å². The Kier molecular flexibility index (Phi) is 8.12. The normalized spacial score (nSPS) is 27.2. The Hall–Kier alpha value is -2.73. The average molecular weight is 392 g/mol. The lowest BCUT2D eigenvalue weighted by Gasteiger charge is -2.42. The number of hydrogen-bond donors (Lipinski definition) is 1. The number of carbonyl (C=O) groups excluding carboxylic acids is 4. The molecule has 0 amide bonds. The van der Waals surface area contributed by atoms with E-state index >= 15 is 0 Å². The molecule has 1 saturated heterocycles. The van der Waals surface area contributed by atoms with E-state index in [2.05, 4.69) is 4.74 Å². The molecular formula is C15H20O12. The first kappa shape index (κ1) is 22.3. The molecule has 1 heterocycles. The van der Waals surface area contributed by atoms with Crippen LogP contribution in [0.25, 0.3) is 0 Å². The minimum absolute atomic E-state index is 0.845. The van der Waals surface area contributed by atoms with E-state index in [0.29, 0.717) is 0 Å². The third-order valence-electron chi connectivity index (χ3n) is 3.21. The molecule has 12 nitrogen and oxygen atoms in total. The zero-order valence-corrected chi connectivity index (χ0v) is 15.0. The van der Waals surface area contributed by atoms with Crippen molar-refractivity contribution >= 4 is 29.8 Å². The van der Waals surface area contributed by atoms with Gasteiger partial charge in [-0.15, -0.1) is 0 Å². The average Bonchev–Trinajstić information content (AvgIpc) is 2.54. The van der Waals surface area contributed by atoms with Crippen LogP contribution in [0.2, 0.25) is 0 Å². The van der Waals surface area contributed by atoms with Crippen molar-refractivity contribution in [2.45, 2.75) is 51.5 Å². The molecule has 27 heavy (non-hydrogen) atoms. The molecule has 0 radical (unpaired) electrons. The molecule has 12 heteroatoms. The first-order valence-corrected chi connectivity index (χ1v) is 7.65. The third kappa shape index (κ3) is 6.49. The fraction of sp³-hybridized carbons (Fsp3) is 0.667. The monoisotopic (exact) mass is 392 g/mol. The van der Waals surface area contributed by atoms with Crippen molar-refractivity contribution in [3.8, 4) is 0 Å². The number of methoxy groups -OCH3 is 1. The maximum Gasteiger partial charge on any atom is 0.339 e. The van der Waals surface area contributed by atoms with Gasteiger partial charge in [-0.25, -0.2) is 9.59 Å². The molecule has 0 aliphatic carbocycles. The van der Waals surface area contributed by atoms with Crippen LogP contribution < -0.4 is 0 Å². The smallest absolute Gasteiger partial charge is 0.339 e. The second-order valence-electron chi connectivity index (χ2n) is 5.38. The molecule has 0 unspecified atom stereocenters. The summed E-state index contributed by atoms with van der Waals surface area (Å²) in [5.41, 5.74) is 0. The highest BCUT2D eigenvalue weighted by Crippen LogP contribution is 2.30. The summed E-state index contributed by atoms with van der Waals surface area (Å²) in [6.45, 7) is 2.23. The lowest BCUT2D eigenvalue weighted by atomic mass is 9.97. The van der Waals surface area contributed by atoms with Crippen LogP contribution in [0.15, 0.2) is 0 Å². The number of rotatable bonds is 7. The number of hydrogen-bond acceptors (Lipinski definition) is 11. The number of carbonyl (C=O) groups is 5. The van der Waals surface area contributed by atoms with Crippen LogP contribution in [-0.2, 0) is 52.4 Å². The lowest BCUT2D eigenvalue weighted by molar-refractivity contribution is -0.300. The van der Waals surface area contributed by atoms with Crippen LogP contribution >= 0.6 is 0 Å². The Morgan fingerprint density at radius 1 is 0.852 bits per heavy atom. The van der Waals surface area contributed by atoms with Crippen molar-refractivity contribution in [3.05, 3.63) is 0 Å². The predicted molar refractivity (Wildman–Crippen MR) is 80.9 cm³/mol. The molecule has 0 aromatic rings. The van der Waals surface area contributed by atoms with Gasteiger partial charge in [0, 0.05) is 20.8 Å². The third-order valence-corrected chi connectivity index (χ3v) is 3.21. The van der Waals surface area contributed by atoms with Crippen molar-refractivity contribution in [2.24, 2.45) is 0 Å². The summed E-state index contributed by atoms with van der Waals surface area (Å²) in [5, 5.41) is 8.78. The molecule has 0 aromatic heterocycles. The quantitative estimate of drug-likeness (QED) is 0.407. The van der Waals surface area contributed by atoms with Gasteiger partial charge in [0.05, 0.1) is 7.11 Å². The number of esters is 4. The van der Waals surface area contributed by atoms with Gasteiger partial charge in [0.25, 0.3) is 0 Å². The summed E-state index contributed by atoms with van der Waals surface area (Å²) in [7, 11) is 1.03. The van der Waals surface area contributed by atoms with Gasteiger partial charge in [0.15, 0.2) is 24.4 Å². The van der Waals surface area contributed by atoms with Gasteiger partial charge in [-0.3, -0.25) is 14.4 Å². The first-order chi connectivity index (χ1) is 12.6. The molecule has 1 fully saturated rings. The molecular weight excluding hydrogens is 372 g/mol. The largest absolute Gasteiger partial charge is 0.480 e. The van der Waals surface area contributed by atoms with Gasteiger partial charge >= 0.3 is 29.8 Å². The lowest BCUT2D eigenvalue weighted by Crippen LogP contribution is -2.64. The van der Waals surface area contributed by atoms with Gasteiger partial charge in [-0.1, -0.05) is 0 Å². The highest BCUT2D eigenvalue weighted by atomic mass is 16.7. The van der Waals surface area contributed by atoms with Gasteiger partial charge < -0.3 is 33.5 Å². The van der Waals surface area contributed by atoms with Gasteiger partial charge in [-0.2, -0.15) is 0 Å². The van der Waals surface area contributed by atoms with E-state index in [4.69, 9.17) is 28.8 Å². The highest BCUT2D eigenvalue weighted by molar-refractivity contribution is 5.77. The Bertz CT molecular complexity index is 600. The first-order valence-electron chi connectivity index (χ1n) is 7.65. The van der Waals surface area contributed by atoms with E-state index in [0.717, 1.165) is 27.9 Å². The van der Waals surface area contributed by atoms with Crippen molar-refractivity contribution < 1.29 is 57.5 Å². The fourth-order valence-corrected chi connectivity index (χ4v) is 2.37. The minimum Gasteiger partial charge on any atom is -0.480 e. The molecule has 0 aromatic carbocycles. The van der Waals surface area contributed by atoms with Crippen molar-refractivity contribution in [2.75, 3.05) is 13.7 Å². The highest BCUT2D eigenvalue weighted by Gasteiger charge is 2.55. The fourth-order valence-electron chi connectivity index (χ4n) is 2.37. The molecule has 1 N–H and O–H groups in total. The van der Waals surface area contributed by atoms with E-state index in [1.807, 2.05) is 0 Å². The molecule has 0 bridgehead atoms. The second kappa shape index (κ2) is 9.83. The Morgan fingerprint density at radius 3 is 1.78 bits per heavy atom. The van der Waals surface area contributed by atoms with Crippen LogP contribution in [0.4, 0.5) is 0 Å². The second-order valence-corrected chi connectivity index (χ2v) is 5.38. The van der Waals surface area contributed by atoms with Crippen molar-refractivity contribution in [1.29, 1.82) is 0 Å². The van der Waals surface area contributed by atoms with Crippen LogP contribution in [-0.4, -0.2) is 79.4 Å². The SMILES string of the molecule is COC(=O)[C@H]1O[C@@H](OCC(=O)O)[C@H](OC(C)=O)[C@@H](OC(C)=O)[C@@H]1OC(C)=O. The van der Waals surface area contributed by atoms with Crippen LogP contribution in [0.5, 0.6) is 0 Å². The topological polar surface area (TPSA) is 161 Å². The zero-order chi connectivity index (χ0) is 20.7. The summed E-state index contributed by atoms with van der Waals surface area (Å²) in [6, 6.07) is 0. The summed E-state index contributed by atoms with van der Waals surface area (Å²) in [4.78, 5) is 57.2. The Morgan fingerprint density at radius 2 is 1.33 bits per heavy atom. The summed E-state index contributed by atoms with van der Waals surface area (Å²) >= 11 is 0. The van der Waals surface area contributed by atoms with Crippen molar-refractivity contribution in [3.63, 3.8) is 0 Å². The molecule has 1 aliphatic heterocycles. The summed E-state index contributed by atoms with van der Waals surface area (Å²) in [5.74, 6) is -4.93. The standard InChI is InChI=1S/C15H20O12/c1-6(16)24-10-11(25-7(2)17)13(26-8(3)18)15(23-5-9(19)20)27-12(10)14(21)22-4/h10-13,15H,5H2,1-4H3,(H,19,20)/t10-,11-,12-,13+,15+/m0/s1. The summed E-state index contributed by atoms with van der Waals surface area (Å²) < 4.78 is 30.0. The van der Waals surface area contributed by atoms with E-state index in [1.165, 1.54) is 0 Å². The molecule has 0 spiro atoms. The molecule has 152 valence electrons. The van der Waals surface area contributed by atoms with Crippen LogP contribution in [0.1, 0.15) is 20.8 Å². The number of carboxylic acid groups (broad SMARTS) is 1. The van der Waals surface area contributed by atoms with E-state index in [9.17, 15) is 24.0 Å². The van der Waals surface area contributed by atoms with E-state index < -0.39 is 67.2 Å². The predicted octanol–water partition coefficient (Wildman–Crippen LogP) is -1.22. The van der Waals surface area contributed by atoms with Crippen LogP contribution in [0, 0.1) is 0 Å². The Balaban J connectivity index is 3.33. The van der Waals surface area contributed by atoms with Gasteiger partial charge in [-0.05, 0) is 0 Å². The molecule has 1 rings (SSSR count). The summed E-state index contributed by atoms with van der Waals surface area (Å²) in [6.07, 6.45) is -7.82. The minimum atomic E-state index is -1.63. The molecule has 5 atom stereocenters.